The van der Waals surface area contributed by atoms with Gasteiger partial charge in [0, 0.05) is 35.9 Å². The number of amides is 1. The van der Waals surface area contributed by atoms with Crippen LogP contribution in [0.25, 0.3) is 0 Å². The summed E-state index contributed by atoms with van der Waals surface area (Å²) in [5.41, 5.74) is 2.63. The van der Waals surface area contributed by atoms with Gasteiger partial charge in [-0.25, -0.2) is 8.42 Å². The summed E-state index contributed by atoms with van der Waals surface area (Å²) in [6, 6.07) is 10.2. The smallest absolute Gasteiger partial charge is 0.324 e. The Kier molecular flexibility index (Phi) is 7.44. The second-order valence-corrected chi connectivity index (χ2v) is 9.19. The maximum Gasteiger partial charge on any atom is 0.416 e. The van der Waals surface area contributed by atoms with Gasteiger partial charge in [0.1, 0.15) is 0 Å². The zero-order valence-corrected chi connectivity index (χ0v) is 18.1. The lowest BCUT2D eigenvalue weighted by Gasteiger charge is -2.26. The molecule has 2 aromatic carbocycles. The third kappa shape index (κ3) is 6.22. The predicted molar refractivity (Wildman–Crippen MR) is 112 cm³/mol. The third-order valence-corrected chi connectivity index (χ3v) is 6.58. The van der Waals surface area contributed by atoms with Crippen molar-refractivity contribution in [3.05, 3.63) is 70.9 Å². The van der Waals surface area contributed by atoms with Gasteiger partial charge in [-0.15, -0.1) is 0 Å². The first-order valence-electron chi connectivity index (χ1n) is 9.35. The molecule has 12 heteroatoms. The lowest BCUT2D eigenvalue weighted by molar-refractivity contribution is -0.137. The van der Waals surface area contributed by atoms with Crippen LogP contribution in [0.4, 0.5) is 18.9 Å². The highest BCUT2D eigenvalue weighted by atomic mass is 35.5. The van der Waals surface area contributed by atoms with E-state index in [0.29, 0.717) is 22.5 Å². The molecule has 172 valence electrons. The van der Waals surface area contributed by atoms with E-state index >= 15 is 0 Å². The molecule has 2 N–H and O–H groups in total. The number of benzene rings is 2. The number of hydroxylamine groups is 1. The van der Waals surface area contributed by atoms with Crippen molar-refractivity contribution in [2.24, 2.45) is 0 Å². The average Bonchev–Trinajstić information content (AvgIpc) is 2.73. The third-order valence-electron chi connectivity index (χ3n) is 4.49. The number of anilines is 1. The van der Waals surface area contributed by atoms with Gasteiger partial charge in [0.05, 0.1) is 10.5 Å². The first kappa shape index (κ1) is 24.1. The van der Waals surface area contributed by atoms with Crippen LogP contribution in [0.15, 0.2) is 65.2 Å². The summed E-state index contributed by atoms with van der Waals surface area (Å²) in [6.45, 7) is -0.329. The number of sulfonamides is 1. The molecule has 0 atom stereocenters. The summed E-state index contributed by atoms with van der Waals surface area (Å²) in [5.74, 6) is -0.426. The molecule has 0 saturated heterocycles. The van der Waals surface area contributed by atoms with Crippen molar-refractivity contribution in [3.8, 4) is 0 Å². The molecule has 0 unspecified atom stereocenters. The zero-order valence-electron chi connectivity index (χ0n) is 16.5. The minimum absolute atomic E-state index is 0.0372. The van der Waals surface area contributed by atoms with Crippen molar-refractivity contribution < 1.29 is 31.2 Å². The molecular formula is C20H19ClF3N3O4S. The first-order valence-corrected chi connectivity index (χ1v) is 11.2. The Morgan fingerprint density at radius 2 is 1.91 bits per heavy atom. The second-order valence-electron chi connectivity index (χ2n) is 6.82. The summed E-state index contributed by atoms with van der Waals surface area (Å²) in [5, 5.41) is 3.08. The summed E-state index contributed by atoms with van der Waals surface area (Å²) in [4.78, 5) is 16.6. The monoisotopic (exact) mass is 489 g/mol. The van der Waals surface area contributed by atoms with Gasteiger partial charge in [0.25, 0.3) is 5.91 Å². The fraction of sp³-hybridized carbons (Fsp3) is 0.250. The van der Waals surface area contributed by atoms with Crippen LogP contribution in [-0.4, -0.2) is 38.3 Å². The van der Waals surface area contributed by atoms with Gasteiger partial charge in [0.15, 0.2) is 6.61 Å². The van der Waals surface area contributed by atoms with E-state index in [0.717, 1.165) is 22.5 Å². The highest BCUT2D eigenvalue weighted by Gasteiger charge is 2.33. The van der Waals surface area contributed by atoms with Gasteiger partial charge in [-0.05, 0) is 42.5 Å². The molecule has 0 saturated carbocycles. The van der Waals surface area contributed by atoms with E-state index in [1.54, 1.807) is 24.3 Å². The topological polar surface area (TPSA) is 87.7 Å². The Labute approximate surface area is 187 Å². The molecular weight excluding hydrogens is 471 g/mol. The molecule has 7 nitrogen and oxygen atoms in total. The maximum atomic E-state index is 12.9. The number of rotatable bonds is 7. The van der Waals surface area contributed by atoms with E-state index in [4.69, 9.17) is 16.4 Å². The molecule has 1 aliphatic heterocycles. The Morgan fingerprint density at radius 3 is 2.56 bits per heavy atom. The zero-order chi connectivity index (χ0) is 23.4. The van der Waals surface area contributed by atoms with E-state index in [1.807, 2.05) is 0 Å². The Hall–Kier alpha value is -2.60. The van der Waals surface area contributed by atoms with Crippen molar-refractivity contribution >= 4 is 33.2 Å². The Morgan fingerprint density at radius 1 is 1.16 bits per heavy atom. The molecule has 3 rings (SSSR count). The number of halogens is 4. The standard InChI is InChI=1S/C20H19ClF3N3O4S/c21-15-4-2-5-17(12-15)25-19(28)13-31-26-16-7-9-27(10-8-16)32(29,30)18-6-1-3-14(11-18)20(22,23)24/h1-7,11-12,26H,8-10,13H2,(H,25,28). The average molecular weight is 490 g/mol. The Balaban J connectivity index is 1.52. The van der Waals surface area contributed by atoms with Gasteiger partial charge in [-0.2, -0.15) is 17.5 Å². The highest BCUT2D eigenvalue weighted by Crippen LogP contribution is 2.31. The van der Waals surface area contributed by atoms with Crippen LogP contribution in [0.3, 0.4) is 0 Å². The summed E-state index contributed by atoms with van der Waals surface area (Å²) < 4.78 is 65.1. The number of carbonyl (C=O) groups is 1. The summed E-state index contributed by atoms with van der Waals surface area (Å²) in [6.07, 6.45) is -2.88. The summed E-state index contributed by atoms with van der Waals surface area (Å²) in [7, 11) is -4.10. The van der Waals surface area contributed by atoms with Gasteiger partial charge in [-0.3, -0.25) is 15.1 Å². The first-order chi connectivity index (χ1) is 15.1. The number of carbonyl (C=O) groups excluding carboxylic acids is 1. The number of nitrogens with zero attached hydrogens (tertiary/aromatic N) is 1. The van der Waals surface area contributed by atoms with Crippen molar-refractivity contribution in [1.29, 1.82) is 0 Å². The van der Waals surface area contributed by atoms with Crippen LogP contribution in [0.2, 0.25) is 5.02 Å². The van der Waals surface area contributed by atoms with E-state index in [2.05, 4.69) is 10.8 Å². The normalized spacial score (nSPS) is 15.2. The van der Waals surface area contributed by atoms with Crippen LogP contribution in [0.1, 0.15) is 12.0 Å². The van der Waals surface area contributed by atoms with E-state index in [-0.39, 0.29) is 26.1 Å². The van der Waals surface area contributed by atoms with Gasteiger partial charge >= 0.3 is 6.18 Å². The molecule has 0 aromatic heterocycles. The fourth-order valence-electron chi connectivity index (χ4n) is 2.90. The van der Waals surface area contributed by atoms with Gasteiger partial charge < -0.3 is 5.32 Å². The van der Waals surface area contributed by atoms with Crippen molar-refractivity contribution in [2.75, 3.05) is 25.0 Å². The molecule has 32 heavy (non-hydrogen) atoms. The molecule has 1 amide bonds. The fourth-order valence-corrected chi connectivity index (χ4v) is 4.52. The number of alkyl halides is 3. The molecule has 0 radical (unpaired) electrons. The van der Waals surface area contributed by atoms with Crippen LogP contribution in [-0.2, 0) is 25.8 Å². The predicted octanol–water partition coefficient (Wildman–Crippen LogP) is 3.80. The molecule has 0 bridgehead atoms. The largest absolute Gasteiger partial charge is 0.416 e. The molecule has 0 spiro atoms. The lowest BCUT2D eigenvalue weighted by atomic mass is 10.2. The van der Waals surface area contributed by atoms with Crippen LogP contribution >= 0.6 is 11.6 Å². The number of hydrogen-bond donors (Lipinski definition) is 2. The molecule has 1 aliphatic rings. The Bertz CT molecular complexity index is 1120. The van der Waals surface area contributed by atoms with Crippen LogP contribution in [0, 0.1) is 0 Å². The van der Waals surface area contributed by atoms with Gasteiger partial charge in [0.2, 0.25) is 10.0 Å². The van der Waals surface area contributed by atoms with E-state index < -0.39 is 32.6 Å². The van der Waals surface area contributed by atoms with E-state index in [1.165, 1.54) is 6.08 Å². The van der Waals surface area contributed by atoms with Gasteiger partial charge in [-0.1, -0.05) is 23.7 Å². The van der Waals surface area contributed by atoms with E-state index in [9.17, 15) is 26.4 Å². The number of hydrogen-bond acceptors (Lipinski definition) is 5. The molecule has 0 aliphatic carbocycles. The maximum absolute atomic E-state index is 12.9. The molecule has 0 fully saturated rings. The summed E-state index contributed by atoms with van der Waals surface area (Å²) >= 11 is 5.85. The van der Waals surface area contributed by atoms with Crippen LogP contribution < -0.4 is 10.8 Å². The minimum Gasteiger partial charge on any atom is -0.324 e. The molecule has 1 heterocycles. The minimum atomic E-state index is -4.64. The quantitative estimate of drug-likeness (QED) is 0.578. The second kappa shape index (κ2) is 9.90. The lowest BCUT2D eigenvalue weighted by Crippen LogP contribution is -2.37. The van der Waals surface area contributed by atoms with Crippen molar-refractivity contribution in [1.82, 2.24) is 9.79 Å². The SMILES string of the molecule is O=C(CONC1=CCN(S(=O)(=O)c2cccc(C(F)(F)F)c2)CC1)Nc1cccc(Cl)c1. The highest BCUT2D eigenvalue weighted by molar-refractivity contribution is 7.89. The van der Waals surface area contributed by atoms with Crippen molar-refractivity contribution in [3.63, 3.8) is 0 Å². The number of nitrogens with one attached hydrogen (secondary N) is 2. The molecule has 2 aromatic rings. The van der Waals surface area contributed by atoms with Crippen LogP contribution in [0.5, 0.6) is 0 Å². The van der Waals surface area contributed by atoms with Crippen molar-refractivity contribution in [2.45, 2.75) is 17.5 Å².